The maximum absolute atomic E-state index is 13.8. The van der Waals surface area contributed by atoms with Gasteiger partial charge in [0.1, 0.15) is 0 Å². The summed E-state index contributed by atoms with van der Waals surface area (Å²) in [5.74, 6) is -0.925. The topological polar surface area (TPSA) is 58.9 Å². The lowest BCUT2D eigenvalue weighted by Crippen LogP contribution is -2.32. The van der Waals surface area contributed by atoms with E-state index in [4.69, 9.17) is 19.5 Å². The minimum atomic E-state index is -1.78. The van der Waals surface area contributed by atoms with Crippen molar-refractivity contribution in [1.82, 2.24) is 0 Å². The first-order valence-electron chi connectivity index (χ1n) is 4.86. The van der Waals surface area contributed by atoms with E-state index in [0.717, 1.165) is 0 Å². The van der Waals surface area contributed by atoms with E-state index in [2.05, 4.69) is 0 Å². The second-order valence-corrected chi connectivity index (χ2v) is 3.54. The molecule has 0 radical (unpaired) electrons. The summed E-state index contributed by atoms with van der Waals surface area (Å²) in [6.07, 6.45) is -0.177. The second kappa shape index (κ2) is 5.18. The van der Waals surface area contributed by atoms with E-state index in [1.165, 1.54) is 19.2 Å². The molecule has 88 valence electrons. The number of halogens is 1. The van der Waals surface area contributed by atoms with Crippen molar-refractivity contribution in [2.75, 3.05) is 7.11 Å². The molecule has 1 aromatic carbocycles. The van der Waals surface area contributed by atoms with E-state index in [-0.39, 0.29) is 23.1 Å². The van der Waals surface area contributed by atoms with Crippen molar-refractivity contribution in [1.29, 1.82) is 0 Å². The predicted molar refractivity (Wildman–Crippen MR) is 58.5 cm³/mol. The summed E-state index contributed by atoms with van der Waals surface area (Å²) in [5, 5.41) is 18.0. The summed E-state index contributed by atoms with van der Waals surface area (Å²) in [4.78, 5) is 0. The molecule has 0 spiro atoms. The quantitative estimate of drug-likeness (QED) is 0.727. The van der Waals surface area contributed by atoms with Crippen LogP contribution in [-0.2, 0) is 0 Å². The Bertz CT molecular complexity index is 368. The molecule has 0 atom stereocenters. The van der Waals surface area contributed by atoms with Crippen LogP contribution < -0.4 is 14.9 Å². The van der Waals surface area contributed by atoms with Gasteiger partial charge in [-0.2, -0.15) is 4.39 Å². The lowest BCUT2D eigenvalue weighted by atomic mass is 9.79. The Morgan fingerprint density at radius 3 is 2.38 bits per heavy atom. The molecular weight excluding hydrogens is 214 g/mol. The molecule has 4 nitrogen and oxygen atoms in total. The highest BCUT2D eigenvalue weighted by Gasteiger charge is 2.23. The smallest absolute Gasteiger partial charge is 0.492 e. The van der Waals surface area contributed by atoms with Crippen LogP contribution in [0.3, 0.4) is 0 Å². The van der Waals surface area contributed by atoms with Gasteiger partial charge in [-0.1, -0.05) is 6.07 Å². The molecule has 2 N–H and O–H groups in total. The molecule has 0 aliphatic rings. The first-order valence-corrected chi connectivity index (χ1v) is 4.86. The van der Waals surface area contributed by atoms with Gasteiger partial charge in [-0.3, -0.25) is 0 Å². The van der Waals surface area contributed by atoms with Gasteiger partial charge in [-0.05, 0) is 19.9 Å². The zero-order valence-corrected chi connectivity index (χ0v) is 9.40. The highest BCUT2D eigenvalue weighted by atomic mass is 19.1. The number of hydrogen-bond donors (Lipinski definition) is 2. The van der Waals surface area contributed by atoms with Crippen LogP contribution in [0.5, 0.6) is 11.5 Å². The highest BCUT2D eigenvalue weighted by Crippen LogP contribution is 2.25. The van der Waals surface area contributed by atoms with Gasteiger partial charge in [0.15, 0.2) is 11.5 Å². The highest BCUT2D eigenvalue weighted by molar-refractivity contribution is 6.59. The van der Waals surface area contributed by atoms with Gasteiger partial charge in [0.25, 0.3) is 0 Å². The summed E-state index contributed by atoms with van der Waals surface area (Å²) in [6.45, 7) is 3.53. The lowest BCUT2D eigenvalue weighted by Gasteiger charge is -2.14. The van der Waals surface area contributed by atoms with Crippen LogP contribution in [0.2, 0.25) is 0 Å². The monoisotopic (exact) mass is 228 g/mol. The Balaban J connectivity index is 3.18. The molecule has 0 aliphatic heterocycles. The molecular formula is C10H14BFO4. The minimum Gasteiger partial charge on any atom is -0.494 e. The molecule has 6 heteroatoms. The Hall–Kier alpha value is -1.27. The molecule has 0 aliphatic carbocycles. The van der Waals surface area contributed by atoms with Crippen LogP contribution in [0.1, 0.15) is 13.8 Å². The van der Waals surface area contributed by atoms with Crippen molar-refractivity contribution in [3.05, 3.63) is 17.9 Å². The summed E-state index contributed by atoms with van der Waals surface area (Å²) in [7, 11) is -0.527. The Labute approximate surface area is 93.8 Å². The van der Waals surface area contributed by atoms with Crippen molar-refractivity contribution in [3.8, 4) is 11.5 Å². The van der Waals surface area contributed by atoms with Gasteiger partial charge in [0, 0.05) is 5.46 Å². The van der Waals surface area contributed by atoms with Crippen LogP contribution in [0, 0.1) is 5.82 Å². The standard InChI is InChI=1S/C10H14BFO4/c1-6(2)16-8-5-4-7(11(13)14)10(15-3)9(8)12/h4-6,13-14H,1-3H3. The normalized spacial score (nSPS) is 10.4. The summed E-state index contributed by atoms with van der Waals surface area (Å²) in [6, 6.07) is 2.69. The fourth-order valence-electron chi connectivity index (χ4n) is 1.31. The second-order valence-electron chi connectivity index (χ2n) is 3.54. The molecule has 0 fully saturated rings. The van der Waals surface area contributed by atoms with E-state index in [1.807, 2.05) is 0 Å². The predicted octanol–water partition coefficient (Wildman–Crippen LogP) is 0.301. The molecule has 0 saturated carbocycles. The Kier molecular flexibility index (Phi) is 4.15. The number of rotatable bonds is 4. The molecule has 0 aromatic heterocycles. The molecule has 1 rings (SSSR count). The SMILES string of the molecule is COc1c(B(O)O)ccc(OC(C)C)c1F. The first-order chi connectivity index (χ1) is 7.47. The van der Waals surface area contributed by atoms with Gasteiger partial charge < -0.3 is 19.5 Å². The number of methoxy groups -OCH3 is 1. The van der Waals surface area contributed by atoms with E-state index < -0.39 is 12.9 Å². The van der Waals surface area contributed by atoms with Crippen molar-refractivity contribution >= 4 is 12.6 Å². The fourth-order valence-corrected chi connectivity index (χ4v) is 1.31. The molecule has 0 unspecified atom stereocenters. The summed E-state index contributed by atoms with van der Waals surface area (Å²) < 4.78 is 23.8. The zero-order chi connectivity index (χ0) is 12.3. The number of ether oxygens (including phenoxy) is 2. The van der Waals surface area contributed by atoms with Crippen LogP contribution in [0.15, 0.2) is 12.1 Å². The van der Waals surface area contributed by atoms with E-state index in [1.54, 1.807) is 13.8 Å². The van der Waals surface area contributed by atoms with Gasteiger partial charge in [0.05, 0.1) is 13.2 Å². The summed E-state index contributed by atoms with van der Waals surface area (Å²) in [5.41, 5.74) is -0.0314. The Morgan fingerprint density at radius 1 is 1.31 bits per heavy atom. The average molecular weight is 228 g/mol. The van der Waals surface area contributed by atoms with Crippen LogP contribution in [0.25, 0.3) is 0 Å². The van der Waals surface area contributed by atoms with Crippen molar-refractivity contribution < 1.29 is 23.9 Å². The molecule has 0 saturated heterocycles. The van der Waals surface area contributed by atoms with Crippen LogP contribution in [-0.4, -0.2) is 30.4 Å². The maximum Gasteiger partial charge on any atom is 0.492 e. The van der Waals surface area contributed by atoms with Gasteiger partial charge in [0.2, 0.25) is 5.82 Å². The largest absolute Gasteiger partial charge is 0.494 e. The third-order valence-corrected chi connectivity index (χ3v) is 1.94. The van der Waals surface area contributed by atoms with Gasteiger partial charge in [-0.15, -0.1) is 0 Å². The van der Waals surface area contributed by atoms with E-state index >= 15 is 0 Å². The number of benzene rings is 1. The molecule has 0 bridgehead atoms. The maximum atomic E-state index is 13.8. The Morgan fingerprint density at radius 2 is 1.94 bits per heavy atom. The van der Waals surface area contributed by atoms with Crippen LogP contribution in [0.4, 0.5) is 4.39 Å². The molecule has 16 heavy (non-hydrogen) atoms. The minimum absolute atomic E-state index is 0.0243. The lowest BCUT2D eigenvalue weighted by molar-refractivity contribution is 0.228. The third-order valence-electron chi connectivity index (χ3n) is 1.94. The fraction of sp³-hybridized carbons (Fsp3) is 0.400. The number of hydrogen-bond acceptors (Lipinski definition) is 4. The molecule has 1 aromatic rings. The van der Waals surface area contributed by atoms with Crippen molar-refractivity contribution in [2.24, 2.45) is 0 Å². The van der Waals surface area contributed by atoms with Gasteiger partial charge in [-0.25, -0.2) is 0 Å². The summed E-state index contributed by atoms with van der Waals surface area (Å²) >= 11 is 0. The average Bonchev–Trinajstić information content (AvgIpc) is 2.19. The van der Waals surface area contributed by atoms with Crippen molar-refractivity contribution in [3.63, 3.8) is 0 Å². The van der Waals surface area contributed by atoms with E-state index in [9.17, 15) is 4.39 Å². The third kappa shape index (κ3) is 2.65. The van der Waals surface area contributed by atoms with Crippen LogP contribution >= 0.6 is 0 Å². The molecule has 0 heterocycles. The van der Waals surface area contributed by atoms with Crippen molar-refractivity contribution in [2.45, 2.75) is 20.0 Å². The van der Waals surface area contributed by atoms with Gasteiger partial charge >= 0.3 is 7.12 Å². The molecule has 0 amide bonds. The van der Waals surface area contributed by atoms with E-state index in [0.29, 0.717) is 0 Å². The first kappa shape index (κ1) is 12.8. The zero-order valence-electron chi connectivity index (χ0n) is 9.40.